The van der Waals surface area contributed by atoms with Gasteiger partial charge in [0.25, 0.3) is 0 Å². The lowest BCUT2D eigenvalue weighted by atomic mass is 9.74. The summed E-state index contributed by atoms with van der Waals surface area (Å²) in [6.07, 6.45) is -4.67. The minimum atomic E-state index is -4.67. The smallest absolute Gasteiger partial charge is 0.351 e. The van der Waals surface area contributed by atoms with Crippen molar-refractivity contribution in [2.45, 2.75) is 32.5 Å². The lowest BCUT2D eigenvalue weighted by Crippen LogP contribution is -2.50. The van der Waals surface area contributed by atoms with Gasteiger partial charge in [-0.25, -0.2) is 0 Å². The number of nitrogens with zero attached hydrogens (tertiary/aromatic N) is 2. The van der Waals surface area contributed by atoms with Crippen LogP contribution < -0.4 is 10.2 Å². The van der Waals surface area contributed by atoms with Crippen molar-refractivity contribution in [3.8, 4) is 6.07 Å². The van der Waals surface area contributed by atoms with Crippen LogP contribution >= 0.6 is 11.6 Å². The lowest BCUT2D eigenvalue weighted by molar-refractivity contribution is -0.138. The van der Waals surface area contributed by atoms with Crippen molar-refractivity contribution in [1.29, 1.82) is 5.26 Å². The van der Waals surface area contributed by atoms with E-state index in [1.807, 2.05) is 6.07 Å². The first kappa shape index (κ1) is 28.6. The molecule has 2 atom stereocenters. The van der Waals surface area contributed by atoms with Crippen molar-refractivity contribution in [3.05, 3.63) is 111 Å². The van der Waals surface area contributed by atoms with Gasteiger partial charge in [0.05, 0.1) is 17.2 Å². The molecule has 0 spiro atoms. The Balaban J connectivity index is 1.87. The van der Waals surface area contributed by atoms with Crippen LogP contribution in [0.15, 0.2) is 84.1 Å². The van der Waals surface area contributed by atoms with Crippen molar-refractivity contribution in [2.75, 3.05) is 4.90 Å². The SMILES string of the molecule is CC(=O)C1=C(C)N(c2cccc(C(F)(F)F)c2)C(=O)C(C(=O)NCc2ccccc2Cl)C1c1ccc(C#N)cc1. The van der Waals surface area contributed by atoms with Crippen LogP contribution in [0.2, 0.25) is 5.02 Å². The predicted octanol–water partition coefficient (Wildman–Crippen LogP) is 6.16. The maximum atomic E-state index is 14.1. The van der Waals surface area contributed by atoms with Crippen molar-refractivity contribution in [1.82, 2.24) is 5.32 Å². The fourth-order valence-electron chi connectivity index (χ4n) is 4.90. The normalized spacial score (nSPS) is 17.4. The summed E-state index contributed by atoms with van der Waals surface area (Å²) in [6.45, 7) is 2.71. The summed E-state index contributed by atoms with van der Waals surface area (Å²) in [5.74, 6) is -4.55. The highest BCUT2D eigenvalue weighted by atomic mass is 35.5. The van der Waals surface area contributed by atoms with Crippen LogP contribution in [0.25, 0.3) is 0 Å². The molecule has 0 saturated heterocycles. The summed E-state index contributed by atoms with van der Waals surface area (Å²) in [4.78, 5) is 41.8. The molecule has 0 radical (unpaired) electrons. The van der Waals surface area contributed by atoms with Crippen LogP contribution in [0.3, 0.4) is 0 Å². The van der Waals surface area contributed by atoms with E-state index in [-0.39, 0.29) is 23.5 Å². The number of alkyl halides is 3. The minimum Gasteiger partial charge on any atom is -0.351 e. The number of hydrogen-bond acceptors (Lipinski definition) is 4. The number of amides is 2. The first-order chi connectivity index (χ1) is 18.9. The molecule has 4 rings (SSSR count). The zero-order valence-electron chi connectivity index (χ0n) is 21.4. The van der Waals surface area contributed by atoms with E-state index in [4.69, 9.17) is 11.6 Å². The summed E-state index contributed by atoms with van der Waals surface area (Å²) in [7, 11) is 0. The fraction of sp³-hybridized carbons (Fsp3) is 0.200. The van der Waals surface area contributed by atoms with E-state index in [1.54, 1.807) is 36.4 Å². The third-order valence-corrected chi connectivity index (χ3v) is 7.13. The summed E-state index contributed by atoms with van der Waals surface area (Å²) in [5.41, 5.74) is 0.451. The number of halogens is 4. The van der Waals surface area contributed by atoms with E-state index in [0.717, 1.165) is 23.1 Å². The Morgan fingerprint density at radius 1 is 1.05 bits per heavy atom. The third-order valence-electron chi connectivity index (χ3n) is 6.76. The predicted molar refractivity (Wildman–Crippen MR) is 143 cm³/mol. The number of carbonyl (C=O) groups excluding carboxylic acids is 3. The molecule has 6 nitrogen and oxygen atoms in total. The molecule has 3 aromatic rings. The Hall–Kier alpha value is -4.42. The second-order valence-corrected chi connectivity index (χ2v) is 9.68. The van der Waals surface area contributed by atoms with Gasteiger partial charge in [-0.2, -0.15) is 18.4 Å². The molecular weight excluding hydrogens is 543 g/mol. The monoisotopic (exact) mass is 565 g/mol. The van der Waals surface area contributed by atoms with E-state index in [1.165, 1.54) is 32.0 Å². The number of nitriles is 1. The molecule has 2 amide bonds. The first-order valence-electron chi connectivity index (χ1n) is 12.2. The highest BCUT2D eigenvalue weighted by Crippen LogP contribution is 2.43. The zero-order chi connectivity index (χ0) is 29.2. The summed E-state index contributed by atoms with van der Waals surface area (Å²) < 4.78 is 40.5. The summed E-state index contributed by atoms with van der Waals surface area (Å²) in [5, 5.41) is 12.3. The van der Waals surface area contributed by atoms with E-state index >= 15 is 0 Å². The van der Waals surface area contributed by atoms with Gasteiger partial charge in [-0.3, -0.25) is 19.3 Å². The second kappa shape index (κ2) is 11.4. The molecule has 0 fully saturated rings. The number of ketones is 1. The van der Waals surface area contributed by atoms with Gasteiger partial charge in [0.15, 0.2) is 5.78 Å². The molecule has 1 aliphatic heterocycles. The van der Waals surface area contributed by atoms with Crippen molar-refractivity contribution in [2.24, 2.45) is 5.92 Å². The number of allylic oxidation sites excluding steroid dienone is 2. The molecule has 0 saturated carbocycles. The number of anilines is 1. The van der Waals surface area contributed by atoms with E-state index < -0.39 is 41.2 Å². The molecule has 1 aliphatic rings. The molecule has 1 heterocycles. The molecule has 2 unspecified atom stereocenters. The minimum absolute atomic E-state index is 0.0238. The van der Waals surface area contributed by atoms with Crippen molar-refractivity contribution >= 4 is 34.9 Å². The molecule has 3 aromatic carbocycles. The Morgan fingerprint density at radius 3 is 2.33 bits per heavy atom. The largest absolute Gasteiger partial charge is 0.416 e. The van der Waals surface area contributed by atoms with Crippen LogP contribution in [0.5, 0.6) is 0 Å². The Labute approximate surface area is 233 Å². The number of Topliss-reactive ketones (excluding diaryl/α,β-unsaturated/α-hetero) is 1. The molecule has 204 valence electrons. The molecular formula is C30H23ClF3N3O3. The molecule has 10 heteroatoms. The van der Waals surface area contributed by atoms with E-state index in [0.29, 0.717) is 21.7 Å². The van der Waals surface area contributed by atoms with Gasteiger partial charge in [-0.15, -0.1) is 0 Å². The van der Waals surface area contributed by atoms with Gasteiger partial charge in [0.2, 0.25) is 11.8 Å². The number of nitrogens with one attached hydrogen (secondary N) is 1. The quantitative estimate of drug-likeness (QED) is 0.363. The molecule has 40 heavy (non-hydrogen) atoms. The fourth-order valence-corrected chi connectivity index (χ4v) is 5.10. The maximum absolute atomic E-state index is 14.1. The third kappa shape index (κ3) is 5.63. The highest BCUT2D eigenvalue weighted by Gasteiger charge is 2.47. The van der Waals surface area contributed by atoms with Gasteiger partial charge in [-0.05, 0) is 61.4 Å². The van der Waals surface area contributed by atoms with Crippen LogP contribution in [-0.2, 0) is 27.1 Å². The number of carbonyl (C=O) groups is 3. The summed E-state index contributed by atoms with van der Waals surface area (Å²) >= 11 is 6.22. The van der Waals surface area contributed by atoms with Gasteiger partial charge >= 0.3 is 6.18 Å². The molecule has 0 bridgehead atoms. The molecule has 0 aromatic heterocycles. The zero-order valence-corrected chi connectivity index (χ0v) is 22.2. The van der Waals surface area contributed by atoms with Crippen LogP contribution in [0.4, 0.5) is 18.9 Å². The van der Waals surface area contributed by atoms with Gasteiger partial charge in [0, 0.05) is 34.4 Å². The van der Waals surface area contributed by atoms with Crippen LogP contribution in [0, 0.1) is 17.2 Å². The lowest BCUT2D eigenvalue weighted by Gasteiger charge is -2.39. The van der Waals surface area contributed by atoms with Crippen molar-refractivity contribution in [3.63, 3.8) is 0 Å². The maximum Gasteiger partial charge on any atom is 0.416 e. The molecule has 1 N–H and O–H groups in total. The van der Waals surface area contributed by atoms with Gasteiger partial charge in [-0.1, -0.05) is 48.0 Å². The average molecular weight is 566 g/mol. The second-order valence-electron chi connectivity index (χ2n) is 9.28. The van der Waals surface area contributed by atoms with Gasteiger partial charge < -0.3 is 5.32 Å². The number of rotatable bonds is 6. The highest BCUT2D eigenvalue weighted by molar-refractivity contribution is 6.31. The van der Waals surface area contributed by atoms with E-state index in [2.05, 4.69) is 5.32 Å². The average Bonchev–Trinajstić information content (AvgIpc) is 2.91. The Kier molecular flexibility index (Phi) is 8.12. The number of hydrogen-bond donors (Lipinski definition) is 1. The van der Waals surface area contributed by atoms with Gasteiger partial charge in [0.1, 0.15) is 5.92 Å². The number of benzene rings is 3. The topological polar surface area (TPSA) is 90.3 Å². The van der Waals surface area contributed by atoms with Crippen LogP contribution in [-0.4, -0.2) is 17.6 Å². The molecule has 0 aliphatic carbocycles. The standard InChI is InChI=1S/C30H23ClF3N3O3/c1-17-25(18(2)38)26(20-12-10-19(15-35)11-13-20)27(28(39)36-16-21-6-3-4-9-24(21)31)29(40)37(17)23-8-5-7-22(14-23)30(32,33)34/h3-14,26-27H,16H2,1-2H3,(H,36,39). The Morgan fingerprint density at radius 2 is 1.73 bits per heavy atom. The first-order valence-corrected chi connectivity index (χ1v) is 12.6. The van der Waals surface area contributed by atoms with Crippen LogP contribution in [0.1, 0.15) is 42.0 Å². The Bertz CT molecular complexity index is 1560. The summed E-state index contributed by atoms with van der Waals surface area (Å²) in [6, 6.07) is 19.1. The van der Waals surface area contributed by atoms with Crippen molar-refractivity contribution < 1.29 is 27.6 Å². The van der Waals surface area contributed by atoms with E-state index in [9.17, 15) is 32.8 Å².